The van der Waals surface area contributed by atoms with E-state index in [1.165, 1.54) is 12.8 Å². The van der Waals surface area contributed by atoms with Gasteiger partial charge in [0.1, 0.15) is 17.5 Å². The van der Waals surface area contributed by atoms with Crippen molar-refractivity contribution < 1.29 is 0 Å². The van der Waals surface area contributed by atoms with Crippen molar-refractivity contribution in [1.29, 1.82) is 0 Å². The van der Waals surface area contributed by atoms with Crippen LogP contribution in [-0.2, 0) is 0 Å². The van der Waals surface area contributed by atoms with Gasteiger partial charge in [-0.3, -0.25) is 0 Å². The molecule has 0 radical (unpaired) electrons. The summed E-state index contributed by atoms with van der Waals surface area (Å²) in [6, 6.07) is 0. The number of hydrogen-bond acceptors (Lipinski definition) is 4. The van der Waals surface area contributed by atoms with E-state index in [-0.39, 0.29) is 0 Å². The quantitative estimate of drug-likeness (QED) is 0.792. The van der Waals surface area contributed by atoms with Gasteiger partial charge in [0.25, 0.3) is 0 Å². The molecule has 1 fully saturated rings. The Hall–Kier alpha value is -1.32. The third kappa shape index (κ3) is 2.03. The molecular formula is C11H18N4. The maximum absolute atomic E-state index is 4.57. The summed E-state index contributed by atoms with van der Waals surface area (Å²) in [7, 11) is 1.90. The minimum Gasteiger partial charge on any atom is -0.373 e. The Kier molecular flexibility index (Phi) is 2.75. The summed E-state index contributed by atoms with van der Waals surface area (Å²) in [5.74, 6) is 3.50. The molecule has 0 atom stereocenters. The molecule has 0 aromatic carbocycles. The lowest BCUT2D eigenvalue weighted by atomic mass is 10.2. The number of anilines is 2. The molecule has 0 aliphatic heterocycles. The first-order valence-corrected chi connectivity index (χ1v) is 5.56. The number of nitrogens with one attached hydrogen (secondary N) is 2. The molecule has 1 aliphatic rings. The van der Waals surface area contributed by atoms with E-state index in [0.717, 1.165) is 29.6 Å². The van der Waals surface area contributed by atoms with E-state index in [4.69, 9.17) is 0 Å². The predicted octanol–water partition coefficient (Wildman–Crippen LogP) is 2.14. The molecule has 1 aromatic rings. The van der Waals surface area contributed by atoms with Crippen LogP contribution < -0.4 is 10.6 Å². The Balaban J connectivity index is 2.37. The van der Waals surface area contributed by atoms with E-state index in [0.29, 0.717) is 5.92 Å². The Labute approximate surface area is 90.5 Å². The maximum Gasteiger partial charge on any atom is 0.136 e. The topological polar surface area (TPSA) is 49.8 Å². The molecule has 0 bridgehead atoms. The van der Waals surface area contributed by atoms with Crippen LogP contribution in [0.25, 0.3) is 0 Å². The SMILES string of the molecule is CCNc1nc(C2CC2)nc(NC)c1C. The van der Waals surface area contributed by atoms with E-state index < -0.39 is 0 Å². The van der Waals surface area contributed by atoms with Crippen LogP contribution >= 0.6 is 0 Å². The molecular weight excluding hydrogens is 188 g/mol. The first-order chi connectivity index (χ1) is 7.26. The van der Waals surface area contributed by atoms with Crippen molar-refractivity contribution in [3.8, 4) is 0 Å². The largest absolute Gasteiger partial charge is 0.373 e. The average Bonchev–Trinajstić information content (AvgIpc) is 3.05. The Morgan fingerprint density at radius 2 is 1.93 bits per heavy atom. The number of rotatable bonds is 4. The van der Waals surface area contributed by atoms with Crippen LogP contribution in [-0.4, -0.2) is 23.6 Å². The van der Waals surface area contributed by atoms with Gasteiger partial charge < -0.3 is 10.6 Å². The highest BCUT2D eigenvalue weighted by Gasteiger charge is 2.27. The van der Waals surface area contributed by atoms with Gasteiger partial charge in [0.2, 0.25) is 0 Å². The van der Waals surface area contributed by atoms with Gasteiger partial charge in [0.05, 0.1) is 0 Å². The fourth-order valence-electron chi connectivity index (χ4n) is 1.64. The molecule has 0 unspecified atom stereocenters. The van der Waals surface area contributed by atoms with Crippen LogP contribution in [0.15, 0.2) is 0 Å². The van der Waals surface area contributed by atoms with E-state index in [1.807, 2.05) is 14.0 Å². The average molecular weight is 206 g/mol. The molecule has 0 saturated heterocycles. The first kappa shape index (κ1) is 10.2. The minimum absolute atomic E-state index is 0.593. The van der Waals surface area contributed by atoms with Gasteiger partial charge in [-0.1, -0.05) is 0 Å². The van der Waals surface area contributed by atoms with Crippen molar-refractivity contribution in [3.05, 3.63) is 11.4 Å². The predicted molar refractivity (Wildman–Crippen MR) is 62.5 cm³/mol. The lowest BCUT2D eigenvalue weighted by molar-refractivity contribution is 0.916. The van der Waals surface area contributed by atoms with E-state index in [9.17, 15) is 0 Å². The zero-order valence-corrected chi connectivity index (χ0v) is 9.59. The van der Waals surface area contributed by atoms with Crippen molar-refractivity contribution in [2.45, 2.75) is 32.6 Å². The highest BCUT2D eigenvalue weighted by molar-refractivity contribution is 5.57. The van der Waals surface area contributed by atoms with E-state index in [2.05, 4.69) is 27.5 Å². The molecule has 0 spiro atoms. The van der Waals surface area contributed by atoms with Gasteiger partial charge in [-0.2, -0.15) is 0 Å². The van der Waals surface area contributed by atoms with Crippen molar-refractivity contribution in [1.82, 2.24) is 9.97 Å². The summed E-state index contributed by atoms with van der Waals surface area (Å²) in [5.41, 5.74) is 1.10. The van der Waals surface area contributed by atoms with Crippen LogP contribution in [0.2, 0.25) is 0 Å². The van der Waals surface area contributed by atoms with Crippen LogP contribution in [0, 0.1) is 6.92 Å². The van der Waals surface area contributed by atoms with Crippen molar-refractivity contribution in [3.63, 3.8) is 0 Å². The lowest BCUT2D eigenvalue weighted by Crippen LogP contribution is -2.08. The van der Waals surface area contributed by atoms with Crippen LogP contribution in [0.1, 0.15) is 37.1 Å². The van der Waals surface area contributed by atoms with Gasteiger partial charge in [-0.05, 0) is 26.7 Å². The normalized spacial score (nSPS) is 15.1. The number of aromatic nitrogens is 2. The van der Waals surface area contributed by atoms with Gasteiger partial charge >= 0.3 is 0 Å². The molecule has 1 aliphatic carbocycles. The summed E-state index contributed by atoms with van der Waals surface area (Å²) in [6.07, 6.45) is 2.47. The number of nitrogens with zero attached hydrogens (tertiary/aromatic N) is 2. The van der Waals surface area contributed by atoms with Crippen molar-refractivity contribution >= 4 is 11.6 Å². The highest BCUT2D eigenvalue weighted by atomic mass is 15.1. The Morgan fingerprint density at radius 3 is 2.47 bits per heavy atom. The van der Waals surface area contributed by atoms with Crippen molar-refractivity contribution in [2.24, 2.45) is 0 Å². The zero-order chi connectivity index (χ0) is 10.8. The van der Waals surface area contributed by atoms with E-state index >= 15 is 0 Å². The molecule has 1 aromatic heterocycles. The highest BCUT2D eigenvalue weighted by Crippen LogP contribution is 2.39. The molecule has 82 valence electrons. The Bertz CT molecular complexity index is 358. The second-order valence-electron chi connectivity index (χ2n) is 3.96. The second-order valence-corrected chi connectivity index (χ2v) is 3.96. The fraction of sp³-hybridized carbons (Fsp3) is 0.636. The maximum atomic E-state index is 4.57. The molecule has 1 heterocycles. The summed E-state index contributed by atoms with van der Waals surface area (Å²) >= 11 is 0. The summed E-state index contributed by atoms with van der Waals surface area (Å²) in [6.45, 7) is 5.02. The third-order valence-electron chi connectivity index (χ3n) is 2.69. The van der Waals surface area contributed by atoms with Gasteiger partial charge in [0.15, 0.2) is 0 Å². The monoisotopic (exact) mass is 206 g/mol. The lowest BCUT2D eigenvalue weighted by Gasteiger charge is -2.12. The molecule has 0 amide bonds. The number of hydrogen-bond donors (Lipinski definition) is 2. The molecule has 4 heteroatoms. The summed E-state index contributed by atoms with van der Waals surface area (Å²) in [5, 5.41) is 6.41. The molecule has 2 rings (SSSR count). The first-order valence-electron chi connectivity index (χ1n) is 5.56. The second kappa shape index (κ2) is 4.04. The van der Waals surface area contributed by atoms with E-state index in [1.54, 1.807) is 0 Å². The molecule has 2 N–H and O–H groups in total. The molecule has 4 nitrogen and oxygen atoms in total. The standard InChI is InChI=1S/C11H18N4/c1-4-13-10-7(2)9(12-3)14-11(15-10)8-5-6-8/h8H,4-6H2,1-3H3,(H2,12,13,14,15). The van der Waals surface area contributed by atoms with Crippen LogP contribution in [0.5, 0.6) is 0 Å². The summed E-state index contributed by atoms with van der Waals surface area (Å²) in [4.78, 5) is 9.10. The van der Waals surface area contributed by atoms with Crippen LogP contribution in [0.4, 0.5) is 11.6 Å². The zero-order valence-electron chi connectivity index (χ0n) is 9.59. The van der Waals surface area contributed by atoms with Gasteiger partial charge in [0, 0.05) is 25.1 Å². The van der Waals surface area contributed by atoms with Crippen molar-refractivity contribution in [2.75, 3.05) is 24.2 Å². The fourth-order valence-corrected chi connectivity index (χ4v) is 1.64. The minimum atomic E-state index is 0.593. The summed E-state index contributed by atoms with van der Waals surface area (Å²) < 4.78 is 0. The smallest absolute Gasteiger partial charge is 0.136 e. The molecule has 1 saturated carbocycles. The third-order valence-corrected chi connectivity index (χ3v) is 2.69. The molecule has 15 heavy (non-hydrogen) atoms. The Morgan fingerprint density at radius 1 is 1.27 bits per heavy atom. The van der Waals surface area contributed by atoms with Gasteiger partial charge in [-0.15, -0.1) is 0 Å². The van der Waals surface area contributed by atoms with Gasteiger partial charge in [-0.25, -0.2) is 9.97 Å². The van der Waals surface area contributed by atoms with Crippen LogP contribution in [0.3, 0.4) is 0 Å².